The second-order valence-electron chi connectivity index (χ2n) is 7.54. The summed E-state index contributed by atoms with van der Waals surface area (Å²) in [6, 6.07) is 0.0516. The Morgan fingerprint density at radius 3 is 2.36 bits per heavy atom. The zero-order valence-corrected chi connectivity index (χ0v) is 16.8. The van der Waals surface area contributed by atoms with Crippen molar-refractivity contribution in [3.63, 3.8) is 0 Å². The first kappa shape index (κ1) is 20.9. The molecule has 1 N–H and O–H groups in total. The van der Waals surface area contributed by atoms with Crippen LogP contribution < -0.4 is 5.32 Å². The summed E-state index contributed by atoms with van der Waals surface area (Å²) in [6.07, 6.45) is 6.72. The smallest absolute Gasteiger partial charge is 0.241 e. The van der Waals surface area contributed by atoms with Crippen LogP contribution in [-0.4, -0.2) is 67.5 Å². The molecule has 1 unspecified atom stereocenters. The van der Waals surface area contributed by atoms with Crippen LogP contribution in [0.1, 0.15) is 51.9 Å². The van der Waals surface area contributed by atoms with E-state index in [0.29, 0.717) is 25.4 Å². The van der Waals surface area contributed by atoms with Gasteiger partial charge in [-0.15, -0.1) is 12.4 Å². The molecule has 3 aliphatic rings. The van der Waals surface area contributed by atoms with Crippen LogP contribution in [0.5, 0.6) is 0 Å². The average Bonchev–Trinajstić information content (AvgIpc) is 3.25. The van der Waals surface area contributed by atoms with Crippen LogP contribution in [0.15, 0.2) is 0 Å². The average molecular weight is 394 g/mol. The molecule has 1 atom stereocenters. The van der Waals surface area contributed by atoms with Gasteiger partial charge in [0.1, 0.15) is 6.04 Å². The molecular weight excluding hydrogens is 362 g/mol. The van der Waals surface area contributed by atoms with Gasteiger partial charge in [-0.2, -0.15) is 4.31 Å². The summed E-state index contributed by atoms with van der Waals surface area (Å²) in [4.78, 5) is 14.7. The standard InChI is InChI=1S/C17H31N3O3S.ClH/c1-2-12-24(22,23)20-9-3-4-16(20)17(21)19-10-7-15(8-11-19)18-13-14-5-6-14;/h14-16,18H,2-13H2,1H3;1H. The predicted molar refractivity (Wildman–Crippen MR) is 101 cm³/mol. The largest absolute Gasteiger partial charge is 0.341 e. The molecule has 1 aliphatic carbocycles. The van der Waals surface area contributed by atoms with Crippen molar-refractivity contribution in [1.82, 2.24) is 14.5 Å². The lowest BCUT2D eigenvalue weighted by molar-refractivity contribution is -0.135. The lowest BCUT2D eigenvalue weighted by Gasteiger charge is -2.35. The van der Waals surface area contributed by atoms with Gasteiger partial charge in [-0.05, 0) is 57.4 Å². The van der Waals surface area contributed by atoms with E-state index in [1.54, 1.807) is 0 Å². The molecule has 2 heterocycles. The van der Waals surface area contributed by atoms with Crippen molar-refractivity contribution >= 4 is 28.3 Å². The molecule has 0 aromatic heterocycles. The molecule has 6 nitrogen and oxygen atoms in total. The minimum Gasteiger partial charge on any atom is -0.341 e. The summed E-state index contributed by atoms with van der Waals surface area (Å²) in [6.45, 7) is 4.98. The molecule has 2 aliphatic heterocycles. The molecular formula is C17H32ClN3O3S. The van der Waals surface area contributed by atoms with E-state index in [1.165, 1.54) is 17.1 Å². The quantitative estimate of drug-likeness (QED) is 0.713. The monoisotopic (exact) mass is 393 g/mol. The number of rotatable bonds is 7. The van der Waals surface area contributed by atoms with E-state index in [2.05, 4.69) is 5.32 Å². The fraction of sp³-hybridized carbons (Fsp3) is 0.941. The molecule has 0 spiro atoms. The van der Waals surface area contributed by atoms with E-state index in [-0.39, 0.29) is 24.1 Å². The highest BCUT2D eigenvalue weighted by molar-refractivity contribution is 7.89. The zero-order valence-electron chi connectivity index (χ0n) is 15.2. The second kappa shape index (κ2) is 9.02. The second-order valence-corrected chi connectivity index (χ2v) is 9.58. The number of carbonyl (C=O) groups is 1. The molecule has 0 aromatic carbocycles. The Bertz CT molecular complexity index is 545. The molecule has 25 heavy (non-hydrogen) atoms. The van der Waals surface area contributed by atoms with Crippen molar-refractivity contribution < 1.29 is 13.2 Å². The van der Waals surface area contributed by atoms with E-state index >= 15 is 0 Å². The van der Waals surface area contributed by atoms with Gasteiger partial charge < -0.3 is 10.2 Å². The normalized spacial score (nSPS) is 25.8. The Balaban J connectivity index is 0.00000225. The Kier molecular flexibility index (Phi) is 7.55. The van der Waals surface area contributed by atoms with Crippen molar-refractivity contribution in [3.05, 3.63) is 0 Å². The molecule has 1 amide bonds. The third-order valence-corrected chi connectivity index (χ3v) is 7.58. The van der Waals surface area contributed by atoms with Crippen molar-refractivity contribution in [3.8, 4) is 0 Å². The van der Waals surface area contributed by atoms with Crippen molar-refractivity contribution in [2.75, 3.05) is 31.9 Å². The van der Waals surface area contributed by atoms with Gasteiger partial charge in [0.15, 0.2) is 0 Å². The van der Waals surface area contributed by atoms with Crippen LogP contribution in [-0.2, 0) is 14.8 Å². The number of nitrogens with zero attached hydrogens (tertiary/aromatic N) is 2. The summed E-state index contributed by atoms with van der Waals surface area (Å²) in [5, 5.41) is 3.62. The van der Waals surface area contributed by atoms with Crippen LogP contribution in [0, 0.1) is 5.92 Å². The van der Waals surface area contributed by atoms with Gasteiger partial charge in [0.2, 0.25) is 15.9 Å². The van der Waals surface area contributed by atoms with Crippen molar-refractivity contribution in [1.29, 1.82) is 0 Å². The Labute approximate surface area is 158 Å². The number of likely N-dealkylation sites (tertiary alicyclic amines) is 1. The fourth-order valence-corrected chi connectivity index (χ4v) is 5.61. The predicted octanol–water partition coefficient (Wildman–Crippen LogP) is 1.60. The first-order valence-electron chi connectivity index (χ1n) is 9.53. The number of piperidine rings is 1. The third kappa shape index (κ3) is 5.31. The van der Waals surface area contributed by atoms with E-state index in [0.717, 1.165) is 44.8 Å². The summed E-state index contributed by atoms with van der Waals surface area (Å²) in [7, 11) is -3.29. The van der Waals surface area contributed by atoms with E-state index in [9.17, 15) is 13.2 Å². The summed E-state index contributed by atoms with van der Waals surface area (Å²) in [5.74, 6) is 1.04. The molecule has 2 saturated heterocycles. The Morgan fingerprint density at radius 2 is 1.76 bits per heavy atom. The highest BCUT2D eigenvalue weighted by Crippen LogP contribution is 2.28. The van der Waals surface area contributed by atoms with Gasteiger partial charge in [0.25, 0.3) is 0 Å². The molecule has 0 radical (unpaired) electrons. The van der Waals surface area contributed by atoms with Crippen LogP contribution in [0.3, 0.4) is 0 Å². The number of sulfonamides is 1. The number of hydrogen-bond acceptors (Lipinski definition) is 4. The molecule has 1 saturated carbocycles. The van der Waals surface area contributed by atoms with Crippen LogP contribution in [0.4, 0.5) is 0 Å². The van der Waals surface area contributed by atoms with Gasteiger partial charge in [0.05, 0.1) is 5.75 Å². The molecule has 8 heteroatoms. The first-order valence-corrected chi connectivity index (χ1v) is 11.1. The van der Waals surface area contributed by atoms with Gasteiger partial charge in [-0.1, -0.05) is 6.92 Å². The van der Waals surface area contributed by atoms with Crippen LogP contribution in [0.25, 0.3) is 0 Å². The van der Waals surface area contributed by atoms with Gasteiger partial charge in [-0.25, -0.2) is 8.42 Å². The summed E-state index contributed by atoms with van der Waals surface area (Å²) >= 11 is 0. The highest BCUT2D eigenvalue weighted by atomic mass is 35.5. The summed E-state index contributed by atoms with van der Waals surface area (Å²) < 4.78 is 26.2. The maximum Gasteiger partial charge on any atom is 0.241 e. The molecule has 3 rings (SSSR count). The fourth-order valence-electron chi connectivity index (χ4n) is 3.87. The van der Waals surface area contributed by atoms with Crippen LogP contribution >= 0.6 is 12.4 Å². The highest BCUT2D eigenvalue weighted by Gasteiger charge is 2.40. The summed E-state index contributed by atoms with van der Waals surface area (Å²) in [5.41, 5.74) is 0. The number of nitrogens with one attached hydrogen (secondary N) is 1. The number of carbonyl (C=O) groups excluding carboxylic acids is 1. The minimum absolute atomic E-state index is 0. The van der Waals surface area contributed by atoms with Crippen molar-refractivity contribution in [2.45, 2.75) is 64.0 Å². The minimum atomic E-state index is -3.29. The zero-order chi connectivity index (χ0) is 17.2. The topological polar surface area (TPSA) is 69.7 Å². The van der Waals surface area contributed by atoms with E-state index in [4.69, 9.17) is 0 Å². The first-order chi connectivity index (χ1) is 11.5. The van der Waals surface area contributed by atoms with Gasteiger partial charge in [-0.3, -0.25) is 4.79 Å². The Hall–Kier alpha value is -0.370. The number of halogens is 1. The van der Waals surface area contributed by atoms with E-state index in [1.807, 2.05) is 11.8 Å². The van der Waals surface area contributed by atoms with Gasteiger partial charge >= 0.3 is 0 Å². The molecule has 0 aromatic rings. The number of amides is 1. The molecule has 0 bridgehead atoms. The van der Waals surface area contributed by atoms with Crippen molar-refractivity contribution in [2.24, 2.45) is 5.92 Å². The van der Waals surface area contributed by atoms with Crippen LogP contribution in [0.2, 0.25) is 0 Å². The maximum absolute atomic E-state index is 12.8. The number of hydrogen-bond donors (Lipinski definition) is 1. The van der Waals surface area contributed by atoms with E-state index < -0.39 is 16.1 Å². The lowest BCUT2D eigenvalue weighted by atomic mass is 10.0. The Morgan fingerprint density at radius 1 is 1.08 bits per heavy atom. The maximum atomic E-state index is 12.8. The van der Waals surface area contributed by atoms with Gasteiger partial charge in [0, 0.05) is 25.7 Å². The SMILES string of the molecule is CCCS(=O)(=O)N1CCCC1C(=O)N1CCC(NCC2CC2)CC1.Cl. The molecule has 146 valence electrons. The molecule has 3 fully saturated rings. The third-order valence-electron chi connectivity index (χ3n) is 5.51. The lowest BCUT2D eigenvalue weighted by Crippen LogP contribution is -2.52.